The Kier molecular flexibility index (Phi) is 2.46. The second-order valence-corrected chi connectivity index (χ2v) is 4.15. The van der Waals surface area contributed by atoms with Crippen LogP contribution in [-0.2, 0) is 12.8 Å². The molecule has 0 amide bonds. The Balaban J connectivity index is 2.41. The number of hydrogen-bond donors (Lipinski definition) is 1. The van der Waals surface area contributed by atoms with Crippen LogP contribution in [0.5, 0.6) is 5.75 Å². The van der Waals surface area contributed by atoms with Gasteiger partial charge in [0.15, 0.2) is 0 Å². The third-order valence-electron chi connectivity index (χ3n) is 3.16. The van der Waals surface area contributed by atoms with Gasteiger partial charge < -0.3 is 10.5 Å². The van der Waals surface area contributed by atoms with E-state index in [2.05, 4.69) is 19.1 Å². The molecule has 1 aromatic carbocycles. The van der Waals surface area contributed by atoms with Crippen LogP contribution >= 0.6 is 0 Å². The third kappa shape index (κ3) is 1.50. The van der Waals surface area contributed by atoms with E-state index in [9.17, 15) is 0 Å². The van der Waals surface area contributed by atoms with Gasteiger partial charge >= 0.3 is 0 Å². The average molecular weight is 191 g/mol. The molecule has 2 nitrogen and oxygen atoms in total. The van der Waals surface area contributed by atoms with Crippen molar-refractivity contribution in [3.05, 3.63) is 29.3 Å². The maximum Gasteiger partial charge on any atom is 0.122 e. The molecule has 0 saturated heterocycles. The van der Waals surface area contributed by atoms with Crippen molar-refractivity contribution in [1.82, 2.24) is 0 Å². The number of methoxy groups -OCH3 is 1. The van der Waals surface area contributed by atoms with E-state index in [-0.39, 0.29) is 6.04 Å². The van der Waals surface area contributed by atoms with E-state index in [4.69, 9.17) is 10.5 Å². The number of fused-ring (bicyclic) bond motifs is 1. The number of rotatable bonds is 1. The fourth-order valence-electron chi connectivity index (χ4n) is 2.16. The highest BCUT2D eigenvalue weighted by atomic mass is 16.5. The first-order chi connectivity index (χ1) is 6.72. The topological polar surface area (TPSA) is 35.2 Å². The summed E-state index contributed by atoms with van der Waals surface area (Å²) in [7, 11) is 1.72. The lowest BCUT2D eigenvalue weighted by molar-refractivity contribution is 0.384. The molecule has 2 N–H and O–H groups in total. The summed E-state index contributed by atoms with van der Waals surface area (Å²) in [4.78, 5) is 0. The molecule has 76 valence electrons. The van der Waals surface area contributed by atoms with Crippen molar-refractivity contribution in [3.63, 3.8) is 0 Å². The minimum Gasteiger partial charge on any atom is -0.496 e. The van der Waals surface area contributed by atoms with E-state index in [1.165, 1.54) is 11.1 Å². The summed E-state index contributed by atoms with van der Waals surface area (Å²) >= 11 is 0. The van der Waals surface area contributed by atoms with Gasteiger partial charge in [-0.25, -0.2) is 0 Å². The summed E-state index contributed by atoms with van der Waals surface area (Å²) in [6.45, 7) is 2.22. The molecule has 1 aliphatic carbocycles. The third-order valence-corrected chi connectivity index (χ3v) is 3.16. The summed E-state index contributed by atoms with van der Waals surface area (Å²) in [5, 5.41) is 0. The van der Waals surface area contributed by atoms with Crippen molar-refractivity contribution in [2.75, 3.05) is 7.11 Å². The molecule has 2 heteroatoms. The SMILES string of the molecule is COc1cccc2c1C[C@@H](N)[C@H](C)C2. The predicted molar refractivity (Wildman–Crippen MR) is 57.5 cm³/mol. The zero-order valence-corrected chi connectivity index (χ0v) is 8.79. The Hall–Kier alpha value is -1.02. The van der Waals surface area contributed by atoms with Crippen molar-refractivity contribution in [3.8, 4) is 5.75 Å². The second kappa shape index (κ2) is 3.62. The quantitative estimate of drug-likeness (QED) is 0.734. The molecule has 0 heterocycles. The molecule has 1 aromatic rings. The Morgan fingerprint density at radius 3 is 2.86 bits per heavy atom. The first-order valence-corrected chi connectivity index (χ1v) is 5.12. The molecule has 1 aliphatic rings. The number of ether oxygens (including phenoxy) is 1. The van der Waals surface area contributed by atoms with Crippen LogP contribution in [0, 0.1) is 5.92 Å². The first kappa shape index (κ1) is 9.53. The average Bonchev–Trinajstić information content (AvgIpc) is 2.19. The number of nitrogens with two attached hydrogens (primary N) is 1. The molecule has 0 aromatic heterocycles. The summed E-state index contributed by atoms with van der Waals surface area (Å²) in [6.07, 6.45) is 2.02. The van der Waals surface area contributed by atoms with Crippen molar-refractivity contribution >= 4 is 0 Å². The van der Waals surface area contributed by atoms with Crippen molar-refractivity contribution in [2.45, 2.75) is 25.8 Å². The van der Waals surface area contributed by atoms with Gasteiger partial charge in [0.25, 0.3) is 0 Å². The zero-order valence-electron chi connectivity index (χ0n) is 8.79. The van der Waals surface area contributed by atoms with Crippen molar-refractivity contribution in [2.24, 2.45) is 11.7 Å². The van der Waals surface area contributed by atoms with Gasteiger partial charge in [0, 0.05) is 6.04 Å². The molecule has 0 radical (unpaired) electrons. The Morgan fingerprint density at radius 1 is 1.36 bits per heavy atom. The fraction of sp³-hybridized carbons (Fsp3) is 0.500. The summed E-state index contributed by atoms with van der Waals surface area (Å²) in [6, 6.07) is 6.53. The van der Waals surface area contributed by atoms with E-state index in [0.717, 1.165) is 18.6 Å². The lowest BCUT2D eigenvalue weighted by Crippen LogP contribution is -2.35. The maximum atomic E-state index is 6.06. The Bertz CT molecular complexity index is 335. The first-order valence-electron chi connectivity index (χ1n) is 5.12. The van der Waals surface area contributed by atoms with Gasteiger partial charge in [0.1, 0.15) is 5.75 Å². The van der Waals surface area contributed by atoms with Crippen LogP contribution < -0.4 is 10.5 Å². The second-order valence-electron chi connectivity index (χ2n) is 4.15. The summed E-state index contributed by atoms with van der Waals surface area (Å²) in [5.41, 5.74) is 8.77. The van der Waals surface area contributed by atoms with E-state index < -0.39 is 0 Å². The standard InChI is InChI=1S/C12H17NO/c1-8-6-9-4-3-5-12(14-2)10(9)7-11(8)13/h3-5,8,11H,6-7,13H2,1-2H3/t8-,11-/m1/s1. The minimum absolute atomic E-state index is 0.277. The van der Waals surface area contributed by atoms with Gasteiger partial charge in [0.05, 0.1) is 7.11 Å². The highest BCUT2D eigenvalue weighted by molar-refractivity contribution is 5.42. The lowest BCUT2D eigenvalue weighted by Gasteiger charge is -2.28. The normalized spacial score (nSPS) is 25.6. The van der Waals surface area contributed by atoms with Gasteiger partial charge in [-0.05, 0) is 36.0 Å². The largest absolute Gasteiger partial charge is 0.496 e. The lowest BCUT2D eigenvalue weighted by atomic mass is 9.81. The smallest absolute Gasteiger partial charge is 0.122 e. The van der Waals surface area contributed by atoms with Crippen LogP contribution in [0.15, 0.2) is 18.2 Å². The monoisotopic (exact) mass is 191 g/mol. The van der Waals surface area contributed by atoms with Crippen molar-refractivity contribution < 1.29 is 4.74 Å². The van der Waals surface area contributed by atoms with E-state index in [1.807, 2.05) is 6.07 Å². The van der Waals surface area contributed by atoms with Crippen LogP contribution in [0.1, 0.15) is 18.1 Å². The Labute approximate surface area is 85.1 Å². The molecule has 0 bridgehead atoms. The molecule has 0 aliphatic heterocycles. The van der Waals surface area contributed by atoms with Gasteiger partial charge in [-0.2, -0.15) is 0 Å². The highest BCUT2D eigenvalue weighted by Gasteiger charge is 2.24. The van der Waals surface area contributed by atoms with Gasteiger partial charge in [0.2, 0.25) is 0 Å². The van der Waals surface area contributed by atoms with Crippen LogP contribution in [0.4, 0.5) is 0 Å². The van der Waals surface area contributed by atoms with Gasteiger partial charge in [-0.3, -0.25) is 0 Å². The molecule has 0 spiro atoms. The molecular weight excluding hydrogens is 174 g/mol. The molecule has 0 fully saturated rings. The molecular formula is C12H17NO. The van der Waals surface area contributed by atoms with Crippen molar-refractivity contribution in [1.29, 1.82) is 0 Å². The van der Waals surface area contributed by atoms with E-state index in [0.29, 0.717) is 5.92 Å². The maximum absolute atomic E-state index is 6.06. The van der Waals surface area contributed by atoms with Gasteiger partial charge in [-0.1, -0.05) is 19.1 Å². The van der Waals surface area contributed by atoms with Crippen LogP contribution in [-0.4, -0.2) is 13.2 Å². The molecule has 14 heavy (non-hydrogen) atoms. The van der Waals surface area contributed by atoms with E-state index >= 15 is 0 Å². The molecule has 0 saturated carbocycles. The van der Waals surface area contributed by atoms with Crippen LogP contribution in [0.3, 0.4) is 0 Å². The number of hydrogen-bond acceptors (Lipinski definition) is 2. The summed E-state index contributed by atoms with van der Waals surface area (Å²) < 4.78 is 5.34. The molecule has 2 atom stereocenters. The summed E-state index contributed by atoms with van der Waals surface area (Å²) in [5.74, 6) is 1.57. The minimum atomic E-state index is 0.277. The Morgan fingerprint density at radius 2 is 2.14 bits per heavy atom. The van der Waals surface area contributed by atoms with Crippen LogP contribution in [0.2, 0.25) is 0 Å². The van der Waals surface area contributed by atoms with Crippen LogP contribution in [0.25, 0.3) is 0 Å². The zero-order chi connectivity index (χ0) is 10.1. The van der Waals surface area contributed by atoms with E-state index in [1.54, 1.807) is 7.11 Å². The predicted octanol–water partition coefficient (Wildman–Crippen LogP) is 1.76. The molecule has 2 rings (SSSR count). The number of benzene rings is 1. The molecule has 0 unspecified atom stereocenters. The fourth-order valence-corrected chi connectivity index (χ4v) is 2.16. The van der Waals surface area contributed by atoms with Gasteiger partial charge in [-0.15, -0.1) is 0 Å². The highest BCUT2D eigenvalue weighted by Crippen LogP contribution is 2.31.